The van der Waals surface area contributed by atoms with Gasteiger partial charge in [0.15, 0.2) is 5.78 Å². The van der Waals surface area contributed by atoms with Crippen LogP contribution in [-0.4, -0.2) is 36.1 Å². The monoisotopic (exact) mass is 293 g/mol. The Bertz CT molecular complexity index is 470. The van der Waals surface area contributed by atoms with Crippen LogP contribution in [0.25, 0.3) is 0 Å². The van der Waals surface area contributed by atoms with Gasteiger partial charge >= 0.3 is 5.97 Å². The number of hydrogen-bond acceptors (Lipinski definition) is 4. The molecule has 1 aromatic carbocycles. The molecule has 0 aliphatic rings. The van der Waals surface area contributed by atoms with Gasteiger partial charge in [0.25, 0.3) is 0 Å². The van der Waals surface area contributed by atoms with Gasteiger partial charge in [0.1, 0.15) is 5.75 Å². The molecule has 0 spiro atoms. The molecule has 0 aromatic heterocycles. The first-order valence-corrected chi connectivity index (χ1v) is 7.14. The SMILES string of the molecule is CCC(C)NC(CCC(=O)O)C(=O)c1ccc(OC)cc1. The lowest BCUT2D eigenvalue weighted by atomic mass is 9.99. The van der Waals surface area contributed by atoms with E-state index in [1.807, 2.05) is 13.8 Å². The lowest BCUT2D eigenvalue weighted by molar-refractivity contribution is -0.137. The van der Waals surface area contributed by atoms with E-state index < -0.39 is 12.0 Å². The molecule has 2 unspecified atom stereocenters. The van der Waals surface area contributed by atoms with Crippen molar-refractivity contribution in [2.75, 3.05) is 7.11 Å². The molecule has 0 saturated carbocycles. The van der Waals surface area contributed by atoms with Crippen molar-refractivity contribution in [3.63, 3.8) is 0 Å². The fourth-order valence-corrected chi connectivity index (χ4v) is 1.98. The summed E-state index contributed by atoms with van der Waals surface area (Å²) in [7, 11) is 1.57. The number of carbonyl (C=O) groups is 2. The van der Waals surface area contributed by atoms with Crippen molar-refractivity contribution in [2.24, 2.45) is 0 Å². The fraction of sp³-hybridized carbons (Fsp3) is 0.500. The molecule has 5 heteroatoms. The fourth-order valence-electron chi connectivity index (χ4n) is 1.98. The van der Waals surface area contributed by atoms with Crippen molar-refractivity contribution in [1.82, 2.24) is 5.32 Å². The molecule has 0 amide bonds. The summed E-state index contributed by atoms with van der Waals surface area (Å²) in [5.74, 6) is -0.295. The van der Waals surface area contributed by atoms with Crippen molar-refractivity contribution < 1.29 is 19.4 Å². The van der Waals surface area contributed by atoms with E-state index >= 15 is 0 Å². The summed E-state index contributed by atoms with van der Waals surface area (Å²) >= 11 is 0. The van der Waals surface area contributed by atoms with Crippen LogP contribution in [0.1, 0.15) is 43.5 Å². The van der Waals surface area contributed by atoms with Gasteiger partial charge in [0.2, 0.25) is 0 Å². The van der Waals surface area contributed by atoms with Crippen LogP contribution in [0, 0.1) is 0 Å². The van der Waals surface area contributed by atoms with E-state index in [1.165, 1.54) is 0 Å². The van der Waals surface area contributed by atoms with Gasteiger partial charge in [-0.1, -0.05) is 6.92 Å². The van der Waals surface area contributed by atoms with Gasteiger partial charge in [-0.05, 0) is 44.0 Å². The maximum atomic E-state index is 12.5. The number of aliphatic carboxylic acids is 1. The molecule has 0 radical (unpaired) electrons. The Balaban J connectivity index is 2.83. The van der Waals surface area contributed by atoms with Gasteiger partial charge in [-0.15, -0.1) is 0 Å². The third-order valence-corrected chi connectivity index (χ3v) is 3.44. The molecular formula is C16H23NO4. The van der Waals surface area contributed by atoms with Crippen LogP contribution in [0.3, 0.4) is 0 Å². The van der Waals surface area contributed by atoms with Crippen LogP contribution in [0.4, 0.5) is 0 Å². The number of ketones is 1. The maximum Gasteiger partial charge on any atom is 0.303 e. The summed E-state index contributed by atoms with van der Waals surface area (Å²) in [6, 6.07) is 6.53. The third kappa shape index (κ3) is 5.55. The zero-order valence-corrected chi connectivity index (χ0v) is 12.8. The molecule has 1 aromatic rings. The average Bonchev–Trinajstić information content (AvgIpc) is 2.50. The highest BCUT2D eigenvalue weighted by Gasteiger charge is 2.22. The number of carboxylic acid groups (broad SMARTS) is 1. The van der Waals surface area contributed by atoms with Crippen LogP contribution in [0.2, 0.25) is 0 Å². The van der Waals surface area contributed by atoms with Gasteiger partial charge in [-0.3, -0.25) is 9.59 Å². The van der Waals surface area contributed by atoms with E-state index in [0.29, 0.717) is 11.3 Å². The number of methoxy groups -OCH3 is 1. The third-order valence-electron chi connectivity index (χ3n) is 3.44. The summed E-state index contributed by atoms with van der Waals surface area (Å²) < 4.78 is 5.07. The largest absolute Gasteiger partial charge is 0.497 e. The zero-order chi connectivity index (χ0) is 15.8. The standard InChI is InChI=1S/C16H23NO4/c1-4-11(2)17-14(9-10-15(18)19)16(20)12-5-7-13(21-3)8-6-12/h5-8,11,14,17H,4,9-10H2,1-3H3,(H,18,19). The maximum absolute atomic E-state index is 12.5. The number of carboxylic acids is 1. The Labute approximate surface area is 125 Å². The predicted molar refractivity (Wildman–Crippen MR) is 80.9 cm³/mol. The molecule has 1 rings (SSSR count). The quantitative estimate of drug-likeness (QED) is 0.684. The number of rotatable bonds is 9. The Hall–Kier alpha value is -1.88. The van der Waals surface area contributed by atoms with Crippen molar-refractivity contribution in [2.45, 2.75) is 45.2 Å². The molecule has 0 aliphatic heterocycles. The number of hydrogen-bond donors (Lipinski definition) is 2. The molecule has 0 fully saturated rings. The summed E-state index contributed by atoms with van der Waals surface area (Å²) in [4.78, 5) is 23.3. The summed E-state index contributed by atoms with van der Waals surface area (Å²) in [5, 5.41) is 12.0. The van der Waals surface area contributed by atoms with E-state index in [0.717, 1.165) is 6.42 Å². The minimum atomic E-state index is -0.895. The van der Waals surface area contributed by atoms with Crippen molar-refractivity contribution >= 4 is 11.8 Å². The van der Waals surface area contributed by atoms with E-state index in [2.05, 4.69) is 5.32 Å². The van der Waals surface area contributed by atoms with Crippen LogP contribution in [-0.2, 0) is 4.79 Å². The number of nitrogens with one attached hydrogen (secondary N) is 1. The minimum Gasteiger partial charge on any atom is -0.497 e. The van der Waals surface area contributed by atoms with E-state index in [9.17, 15) is 9.59 Å². The minimum absolute atomic E-state index is 0.0318. The van der Waals surface area contributed by atoms with Gasteiger partial charge < -0.3 is 15.2 Å². The van der Waals surface area contributed by atoms with E-state index in [1.54, 1.807) is 31.4 Å². The normalized spacial score (nSPS) is 13.5. The molecule has 0 saturated heterocycles. The molecule has 0 bridgehead atoms. The van der Waals surface area contributed by atoms with Crippen LogP contribution >= 0.6 is 0 Å². The highest BCUT2D eigenvalue weighted by molar-refractivity contribution is 6.00. The number of Topliss-reactive ketones (excluding diaryl/α,β-unsaturated/α-hetero) is 1. The summed E-state index contributed by atoms with van der Waals surface area (Å²) in [6.45, 7) is 4.00. The van der Waals surface area contributed by atoms with Crippen LogP contribution in [0.15, 0.2) is 24.3 Å². The molecular weight excluding hydrogens is 270 g/mol. The second-order valence-corrected chi connectivity index (χ2v) is 5.05. The molecule has 116 valence electrons. The van der Waals surface area contributed by atoms with Crippen molar-refractivity contribution in [3.8, 4) is 5.75 Å². The first kappa shape index (κ1) is 17.2. The van der Waals surface area contributed by atoms with Crippen molar-refractivity contribution in [3.05, 3.63) is 29.8 Å². The van der Waals surface area contributed by atoms with Gasteiger partial charge in [0.05, 0.1) is 13.2 Å². The number of benzene rings is 1. The first-order valence-electron chi connectivity index (χ1n) is 7.14. The van der Waals surface area contributed by atoms with Gasteiger partial charge in [0, 0.05) is 18.0 Å². The summed E-state index contributed by atoms with van der Waals surface area (Å²) in [5.41, 5.74) is 0.557. The molecule has 0 heterocycles. The van der Waals surface area contributed by atoms with Crippen LogP contribution < -0.4 is 10.1 Å². The first-order chi connectivity index (χ1) is 9.97. The lowest BCUT2D eigenvalue weighted by Crippen LogP contribution is -2.42. The second-order valence-electron chi connectivity index (χ2n) is 5.05. The molecule has 2 atom stereocenters. The molecule has 21 heavy (non-hydrogen) atoms. The number of ether oxygens (including phenoxy) is 1. The van der Waals surface area contributed by atoms with Crippen LogP contribution in [0.5, 0.6) is 5.75 Å². The average molecular weight is 293 g/mol. The van der Waals surface area contributed by atoms with E-state index in [-0.39, 0.29) is 24.7 Å². The second kappa shape index (κ2) is 8.42. The zero-order valence-electron chi connectivity index (χ0n) is 12.8. The van der Waals surface area contributed by atoms with Gasteiger partial charge in [-0.2, -0.15) is 0 Å². The van der Waals surface area contributed by atoms with Crippen molar-refractivity contribution in [1.29, 1.82) is 0 Å². The number of carbonyl (C=O) groups excluding carboxylic acids is 1. The smallest absolute Gasteiger partial charge is 0.303 e. The molecule has 0 aliphatic carbocycles. The Morgan fingerprint density at radius 3 is 2.38 bits per heavy atom. The Morgan fingerprint density at radius 2 is 1.90 bits per heavy atom. The molecule has 2 N–H and O–H groups in total. The topological polar surface area (TPSA) is 75.6 Å². The van der Waals surface area contributed by atoms with E-state index in [4.69, 9.17) is 9.84 Å². The lowest BCUT2D eigenvalue weighted by Gasteiger charge is -2.21. The molecule has 5 nitrogen and oxygen atoms in total. The van der Waals surface area contributed by atoms with Gasteiger partial charge in [-0.25, -0.2) is 0 Å². The highest BCUT2D eigenvalue weighted by atomic mass is 16.5. The predicted octanol–water partition coefficient (Wildman–Crippen LogP) is 2.50. The highest BCUT2D eigenvalue weighted by Crippen LogP contribution is 2.15. The summed E-state index contributed by atoms with van der Waals surface area (Å²) in [6.07, 6.45) is 1.12. The Morgan fingerprint density at radius 1 is 1.29 bits per heavy atom. The Kier molecular flexibility index (Phi) is 6.88.